The third-order valence-electron chi connectivity index (χ3n) is 1.41. The molecule has 0 aliphatic heterocycles. The van der Waals surface area contributed by atoms with Gasteiger partial charge in [0.1, 0.15) is 7.11 Å². The van der Waals surface area contributed by atoms with Crippen LogP contribution in [0.15, 0.2) is 41.6 Å². The number of nitrogens with one attached hydrogen (secondary N) is 1. The van der Waals surface area contributed by atoms with E-state index in [-0.39, 0.29) is 0 Å². The Morgan fingerprint density at radius 2 is 2.20 bits per heavy atom. The van der Waals surface area contributed by atoms with E-state index in [0.717, 1.165) is 6.42 Å². The maximum atomic E-state index is 10.2. The summed E-state index contributed by atoms with van der Waals surface area (Å²) in [4.78, 5) is 14.7. The van der Waals surface area contributed by atoms with Crippen LogP contribution in [0.5, 0.6) is 0 Å². The lowest BCUT2D eigenvalue weighted by atomic mass is 10.3. The van der Waals surface area contributed by atoms with Crippen molar-refractivity contribution in [3.8, 4) is 0 Å². The maximum Gasteiger partial charge on any atom is 0.212 e. The molecule has 0 saturated heterocycles. The van der Waals surface area contributed by atoms with Crippen LogP contribution in [-0.4, -0.2) is 19.4 Å². The standard InChI is InChI=1S/C11H16N2O2/c1-3-4-5-6-7-8-9-11(12-10-14)13-15-2/h3-4,6-10H,5H2,1-2H3,(H,12,13,14)/b4-3-,7-6-,9-8+. The van der Waals surface area contributed by atoms with E-state index in [0.29, 0.717) is 12.2 Å². The van der Waals surface area contributed by atoms with Crippen molar-refractivity contribution in [1.82, 2.24) is 5.32 Å². The monoisotopic (exact) mass is 208 g/mol. The summed E-state index contributed by atoms with van der Waals surface area (Å²) in [7, 11) is 1.42. The van der Waals surface area contributed by atoms with Crippen LogP contribution in [0.25, 0.3) is 0 Å². The normalized spacial score (nSPS) is 12.8. The van der Waals surface area contributed by atoms with Gasteiger partial charge >= 0.3 is 0 Å². The summed E-state index contributed by atoms with van der Waals surface area (Å²) in [5.41, 5.74) is 0. The van der Waals surface area contributed by atoms with E-state index >= 15 is 0 Å². The zero-order valence-corrected chi connectivity index (χ0v) is 9.01. The van der Waals surface area contributed by atoms with Gasteiger partial charge in [-0.1, -0.05) is 35.5 Å². The summed E-state index contributed by atoms with van der Waals surface area (Å²) in [5.74, 6) is 0.364. The lowest BCUT2D eigenvalue weighted by molar-refractivity contribution is -0.108. The van der Waals surface area contributed by atoms with Gasteiger partial charge in [-0.2, -0.15) is 0 Å². The number of oxime groups is 1. The molecule has 0 aromatic heterocycles. The molecule has 0 aromatic carbocycles. The molecule has 0 spiro atoms. The molecule has 0 aliphatic rings. The SMILES string of the molecule is C/C=C\C\C=C/C=C/C(=N/OC)NC=O. The first-order valence-corrected chi connectivity index (χ1v) is 4.60. The molecule has 4 heteroatoms. The molecule has 0 unspecified atom stereocenters. The minimum Gasteiger partial charge on any atom is -0.397 e. The Hall–Kier alpha value is -1.84. The molecule has 0 saturated carbocycles. The lowest BCUT2D eigenvalue weighted by Gasteiger charge is -1.94. The zero-order valence-electron chi connectivity index (χ0n) is 9.01. The van der Waals surface area contributed by atoms with Gasteiger partial charge in [-0.3, -0.25) is 4.79 Å². The van der Waals surface area contributed by atoms with Gasteiger partial charge < -0.3 is 10.2 Å². The Morgan fingerprint density at radius 1 is 1.40 bits per heavy atom. The number of allylic oxidation sites excluding steroid dienone is 5. The first-order valence-electron chi connectivity index (χ1n) is 4.60. The predicted octanol–water partition coefficient (Wildman–Crippen LogP) is 1.77. The molecular formula is C11H16N2O2. The van der Waals surface area contributed by atoms with Crippen LogP contribution >= 0.6 is 0 Å². The molecule has 4 nitrogen and oxygen atoms in total. The van der Waals surface area contributed by atoms with E-state index in [1.54, 1.807) is 12.2 Å². The van der Waals surface area contributed by atoms with Crippen LogP contribution in [0, 0.1) is 0 Å². The molecule has 15 heavy (non-hydrogen) atoms. The van der Waals surface area contributed by atoms with Gasteiger partial charge in [0.15, 0.2) is 5.84 Å². The minimum absolute atomic E-state index is 0.364. The zero-order chi connectivity index (χ0) is 11.4. The molecular weight excluding hydrogens is 192 g/mol. The Bertz CT molecular complexity index is 278. The number of amidine groups is 1. The van der Waals surface area contributed by atoms with E-state index in [2.05, 4.69) is 15.3 Å². The summed E-state index contributed by atoms with van der Waals surface area (Å²) in [6.07, 6.45) is 12.7. The minimum atomic E-state index is 0.364. The van der Waals surface area contributed by atoms with Gasteiger partial charge in [0.25, 0.3) is 0 Å². The van der Waals surface area contributed by atoms with Crippen molar-refractivity contribution < 1.29 is 9.63 Å². The summed E-state index contributed by atoms with van der Waals surface area (Å²) in [5, 5.41) is 5.98. The Morgan fingerprint density at radius 3 is 2.80 bits per heavy atom. The van der Waals surface area contributed by atoms with Crippen molar-refractivity contribution in [3.63, 3.8) is 0 Å². The van der Waals surface area contributed by atoms with E-state index in [4.69, 9.17) is 0 Å². The number of carbonyl (C=O) groups is 1. The molecule has 1 N–H and O–H groups in total. The van der Waals surface area contributed by atoms with Crippen LogP contribution in [0.1, 0.15) is 13.3 Å². The number of rotatable bonds is 6. The summed E-state index contributed by atoms with van der Waals surface area (Å²) < 4.78 is 0. The van der Waals surface area contributed by atoms with Crippen molar-refractivity contribution in [2.75, 3.05) is 7.11 Å². The highest BCUT2D eigenvalue weighted by molar-refractivity contribution is 5.98. The maximum absolute atomic E-state index is 10.2. The van der Waals surface area contributed by atoms with E-state index < -0.39 is 0 Å². The average Bonchev–Trinajstić information content (AvgIpc) is 2.24. The number of hydrogen-bond acceptors (Lipinski definition) is 3. The summed E-state index contributed by atoms with van der Waals surface area (Å²) in [6, 6.07) is 0. The van der Waals surface area contributed by atoms with E-state index in [9.17, 15) is 4.79 Å². The lowest BCUT2D eigenvalue weighted by Crippen LogP contribution is -2.19. The smallest absolute Gasteiger partial charge is 0.212 e. The fraction of sp³-hybridized carbons (Fsp3) is 0.273. The van der Waals surface area contributed by atoms with E-state index in [1.807, 2.05) is 31.2 Å². The van der Waals surface area contributed by atoms with Gasteiger partial charge in [0.2, 0.25) is 6.41 Å². The third-order valence-corrected chi connectivity index (χ3v) is 1.41. The van der Waals surface area contributed by atoms with Crippen molar-refractivity contribution >= 4 is 12.2 Å². The second-order valence-corrected chi connectivity index (χ2v) is 2.51. The highest BCUT2D eigenvalue weighted by Gasteiger charge is 1.88. The Balaban J connectivity index is 4.04. The van der Waals surface area contributed by atoms with Gasteiger partial charge in [-0.15, -0.1) is 0 Å². The van der Waals surface area contributed by atoms with Crippen LogP contribution in [0.2, 0.25) is 0 Å². The van der Waals surface area contributed by atoms with Gasteiger partial charge in [0.05, 0.1) is 0 Å². The molecule has 0 aromatic rings. The molecule has 0 fully saturated rings. The van der Waals surface area contributed by atoms with Crippen LogP contribution < -0.4 is 5.32 Å². The molecule has 0 atom stereocenters. The van der Waals surface area contributed by atoms with E-state index in [1.165, 1.54) is 7.11 Å². The number of amides is 1. The van der Waals surface area contributed by atoms with Crippen LogP contribution in [0.4, 0.5) is 0 Å². The van der Waals surface area contributed by atoms with Crippen molar-refractivity contribution in [2.24, 2.45) is 5.16 Å². The molecule has 1 amide bonds. The first kappa shape index (κ1) is 13.2. The molecule has 0 aliphatic carbocycles. The largest absolute Gasteiger partial charge is 0.397 e. The molecule has 0 rings (SSSR count). The van der Waals surface area contributed by atoms with Gasteiger partial charge in [-0.25, -0.2) is 0 Å². The van der Waals surface area contributed by atoms with Crippen LogP contribution in [0.3, 0.4) is 0 Å². The quantitative estimate of drug-likeness (QED) is 0.181. The molecule has 0 heterocycles. The third kappa shape index (κ3) is 8.49. The number of hydrogen-bond donors (Lipinski definition) is 1. The molecule has 0 radical (unpaired) electrons. The number of carbonyl (C=O) groups excluding carboxylic acids is 1. The fourth-order valence-corrected chi connectivity index (χ4v) is 0.782. The fourth-order valence-electron chi connectivity index (χ4n) is 0.782. The van der Waals surface area contributed by atoms with Gasteiger partial charge in [0, 0.05) is 0 Å². The first-order chi connectivity index (χ1) is 7.35. The van der Waals surface area contributed by atoms with Gasteiger partial charge in [-0.05, 0) is 19.4 Å². The molecule has 0 bridgehead atoms. The highest BCUT2D eigenvalue weighted by Crippen LogP contribution is 1.87. The molecule has 82 valence electrons. The van der Waals surface area contributed by atoms with Crippen molar-refractivity contribution in [3.05, 3.63) is 36.5 Å². The van der Waals surface area contributed by atoms with Crippen molar-refractivity contribution in [1.29, 1.82) is 0 Å². The average molecular weight is 208 g/mol. The van der Waals surface area contributed by atoms with Crippen molar-refractivity contribution in [2.45, 2.75) is 13.3 Å². The predicted molar refractivity (Wildman–Crippen MR) is 61.4 cm³/mol. The number of nitrogens with zero attached hydrogens (tertiary/aromatic N) is 1. The second-order valence-electron chi connectivity index (χ2n) is 2.51. The summed E-state index contributed by atoms with van der Waals surface area (Å²) in [6.45, 7) is 1.97. The highest BCUT2D eigenvalue weighted by atomic mass is 16.6. The van der Waals surface area contributed by atoms with Crippen LogP contribution in [-0.2, 0) is 9.63 Å². The Kier molecular flexibility index (Phi) is 8.99. The second kappa shape index (κ2) is 10.2. The topological polar surface area (TPSA) is 50.7 Å². The Labute approximate surface area is 90.0 Å². The summed E-state index contributed by atoms with van der Waals surface area (Å²) >= 11 is 0.